The third-order valence-corrected chi connectivity index (χ3v) is 4.36. The smallest absolute Gasteiger partial charge is 0.255 e. The fourth-order valence-corrected chi connectivity index (χ4v) is 2.84. The van der Waals surface area contributed by atoms with Gasteiger partial charge in [0.05, 0.1) is 28.9 Å². The monoisotopic (exact) mass is 422 g/mol. The lowest BCUT2D eigenvalue weighted by Gasteiger charge is -2.14. The van der Waals surface area contributed by atoms with Crippen LogP contribution in [0.2, 0.25) is 5.02 Å². The van der Waals surface area contributed by atoms with E-state index in [0.717, 1.165) is 0 Å². The van der Waals surface area contributed by atoms with Crippen LogP contribution in [0, 0.1) is 11.3 Å². The lowest BCUT2D eigenvalue weighted by Crippen LogP contribution is -2.14. The number of hydrogen-bond donors (Lipinski definition) is 1. The van der Waals surface area contributed by atoms with E-state index in [1.807, 2.05) is 0 Å². The first-order chi connectivity index (χ1) is 14.6. The van der Waals surface area contributed by atoms with Gasteiger partial charge in [0.15, 0.2) is 5.75 Å². The summed E-state index contributed by atoms with van der Waals surface area (Å²) in [6.45, 7) is 0.699. The fourth-order valence-electron chi connectivity index (χ4n) is 2.61. The maximum Gasteiger partial charge on any atom is 0.255 e. The molecule has 0 aliphatic rings. The highest BCUT2D eigenvalue weighted by Gasteiger charge is 2.14. The molecule has 0 aromatic heterocycles. The Morgan fingerprint density at radius 2 is 1.80 bits per heavy atom. The van der Waals surface area contributed by atoms with Gasteiger partial charge in [0.2, 0.25) is 0 Å². The summed E-state index contributed by atoms with van der Waals surface area (Å²) in [7, 11) is 1.57. The van der Waals surface area contributed by atoms with E-state index in [-0.39, 0.29) is 5.91 Å². The summed E-state index contributed by atoms with van der Waals surface area (Å²) in [5.41, 5.74) is 1.41. The number of amides is 1. The minimum absolute atomic E-state index is 0.303. The number of nitrogens with one attached hydrogen (secondary N) is 1. The Hall–Kier alpha value is -3.53. The summed E-state index contributed by atoms with van der Waals surface area (Å²) < 4.78 is 16.4. The van der Waals surface area contributed by atoms with Crippen LogP contribution in [-0.2, 0) is 4.74 Å². The summed E-state index contributed by atoms with van der Waals surface area (Å²) in [4.78, 5) is 12.8. The van der Waals surface area contributed by atoms with E-state index in [2.05, 4.69) is 11.4 Å². The molecular weight excluding hydrogens is 404 g/mol. The Kier molecular flexibility index (Phi) is 7.28. The highest BCUT2D eigenvalue weighted by molar-refractivity contribution is 6.32. The third kappa shape index (κ3) is 5.51. The predicted molar refractivity (Wildman–Crippen MR) is 114 cm³/mol. The van der Waals surface area contributed by atoms with Crippen molar-refractivity contribution in [3.05, 3.63) is 82.9 Å². The molecule has 0 fully saturated rings. The third-order valence-electron chi connectivity index (χ3n) is 4.06. The van der Waals surface area contributed by atoms with Crippen LogP contribution in [-0.4, -0.2) is 26.2 Å². The van der Waals surface area contributed by atoms with Gasteiger partial charge in [-0.3, -0.25) is 4.79 Å². The van der Waals surface area contributed by atoms with Gasteiger partial charge in [-0.2, -0.15) is 5.26 Å². The number of halogens is 1. The fraction of sp³-hybridized carbons (Fsp3) is 0.130. The van der Waals surface area contributed by atoms with Crippen LogP contribution in [0.1, 0.15) is 15.9 Å². The standard InChI is InChI=1S/C23H19ClN2O4/c1-28-12-13-29-22-20(24)6-3-7-21(22)26-23(27)17-4-2-5-19(14-17)30-18-10-8-16(15-25)9-11-18/h2-11,14H,12-13H2,1H3,(H,26,27). The number of benzene rings is 3. The second kappa shape index (κ2) is 10.3. The molecule has 152 valence electrons. The Labute approximate surface area is 179 Å². The molecule has 7 heteroatoms. The maximum atomic E-state index is 12.8. The van der Waals surface area contributed by atoms with Crippen LogP contribution in [0.15, 0.2) is 66.7 Å². The molecule has 0 atom stereocenters. The zero-order valence-electron chi connectivity index (χ0n) is 16.2. The predicted octanol–water partition coefficient (Wildman–Crippen LogP) is 5.28. The topological polar surface area (TPSA) is 80.6 Å². The van der Waals surface area contributed by atoms with Gasteiger partial charge in [-0.15, -0.1) is 0 Å². The second-order valence-corrected chi connectivity index (χ2v) is 6.59. The molecule has 3 aromatic rings. The van der Waals surface area contributed by atoms with Crippen molar-refractivity contribution in [1.29, 1.82) is 5.26 Å². The van der Waals surface area contributed by atoms with Crippen LogP contribution in [0.5, 0.6) is 17.2 Å². The molecule has 3 aromatic carbocycles. The Balaban J connectivity index is 1.74. The van der Waals surface area contributed by atoms with Gasteiger partial charge in [-0.25, -0.2) is 0 Å². The molecule has 0 unspecified atom stereocenters. The van der Waals surface area contributed by atoms with E-state index < -0.39 is 0 Å². The molecule has 6 nitrogen and oxygen atoms in total. The number of ether oxygens (including phenoxy) is 3. The Morgan fingerprint density at radius 3 is 2.53 bits per heavy atom. The largest absolute Gasteiger partial charge is 0.487 e. The van der Waals surface area contributed by atoms with Crippen LogP contribution in [0.25, 0.3) is 0 Å². The van der Waals surface area contributed by atoms with Gasteiger partial charge in [0.25, 0.3) is 5.91 Å². The van der Waals surface area contributed by atoms with Crippen molar-refractivity contribution in [3.63, 3.8) is 0 Å². The number of rotatable bonds is 8. The summed E-state index contributed by atoms with van der Waals surface area (Å²) in [5, 5.41) is 12.1. The van der Waals surface area contributed by atoms with Gasteiger partial charge in [0, 0.05) is 12.7 Å². The molecule has 0 aliphatic heterocycles. The van der Waals surface area contributed by atoms with Crippen molar-refractivity contribution < 1.29 is 19.0 Å². The first-order valence-electron chi connectivity index (χ1n) is 9.10. The van der Waals surface area contributed by atoms with E-state index in [0.29, 0.717) is 52.3 Å². The van der Waals surface area contributed by atoms with Gasteiger partial charge < -0.3 is 19.5 Å². The zero-order chi connectivity index (χ0) is 21.3. The van der Waals surface area contributed by atoms with Crippen molar-refractivity contribution >= 4 is 23.2 Å². The van der Waals surface area contributed by atoms with Gasteiger partial charge in [-0.1, -0.05) is 23.7 Å². The first-order valence-corrected chi connectivity index (χ1v) is 9.48. The highest BCUT2D eigenvalue weighted by Crippen LogP contribution is 2.33. The van der Waals surface area contributed by atoms with Crippen molar-refractivity contribution in [2.24, 2.45) is 0 Å². The van der Waals surface area contributed by atoms with Gasteiger partial charge in [-0.05, 0) is 54.6 Å². The minimum atomic E-state index is -0.334. The molecule has 30 heavy (non-hydrogen) atoms. The Bertz CT molecular complexity index is 1060. The number of carbonyl (C=O) groups is 1. The summed E-state index contributed by atoms with van der Waals surface area (Å²) in [6.07, 6.45) is 0. The van der Waals surface area contributed by atoms with E-state index in [1.54, 1.807) is 73.8 Å². The molecule has 0 saturated heterocycles. The molecule has 0 aliphatic carbocycles. The van der Waals surface area contributed by atoms with Gasteiger partial charge >= 0.3 is 0 Å². The zero-order valence-corrected chi connectivity index (χ0v) is 17.0. The molecular formula is C23H19ClN2O4. The number of nitriles is 1. The lowest BCUT2D eigenvalue weighted by atomic mass is 10.2. The molecule has 1 amide bonds. The summed E-state index contributed by atoms with van der Waals surface area (Å²) >= 11 is 6.22. The van der Waals surface area contributed by atoms with Crippen LogP contribution in [0.3, 0.4) is 0 Å². The van der Waals surface area contributed by atoms with E-state index in [9.17, 15) is 4.79 Å². The van der Waals surface area contributed by atoms with Crippen molar-refractivity contribution in [2.75, 3.05) is 25.6 Å². The van der Waals surface area contributed by atoms with Crippen LogP contribution in [0.4, 0.5) is 5.69 Å². The minimum Gasteiger partial charge on any atom is -0.487 e. The number of anilines is 1. The molecule has 0 radical (unpaired) electrons. The Morgan fingerprint density at radius 1 is 1.03 bits per heavy atom. The van der Waals surface area contributed by atoms with E-state index in [4.69, 9.17) is 31.1 Å². The van der Waals surface area contributed by atoms with Crippen molar-refractivity contribution in [3.8, 4) is 23.3 Å². The quantitative estimate of drug-likeness (QED) is 0.499. The van der Waals surface area contributed by atoms with E-state index >= 15 is 0 Å². The number of nitrogens with zero attached hydrogens (tertiary/aromatic N) is 1. The van der Waals surface area contributed by atoms with Crippen molar-refractivity contribution in [2.45, 2.75) is 0 Å². The average Bonchev–Trinajstić information content (AvgIpc) is 2.76. The summed E-state index contributed by atoms with van der Waals surface area (Å²) in [5.74, 6) is 1.11. The van der Waals surface area contributed by atoms with Crippen LogP contribution >= 0.6 is 11.6 Å². The first kappa shape index (κ1) is 21.2. The second-order valence-electron chi connectivity index (χ2n) is 6.18. The van der Waals surface area contributed by atoms with Crippen LogP contribution < -0.4 is 14.8 Å². The molecule has 0 spiro atoms. The normalized spacial score (nSPS) is 10.2. The SMILES string of the molecule is COCCOc1c(Cl)cccc1NC(=O)c1cccc(Oc2ccc(C#N)cc2)c1. The molecule has 0 heterocycles. The van der Waals surface area contributed by atoms with Crippen molar-refractivity contribution in [1.82, 2.24) is 0 Å². The summed E-state index contributed by atoms with van der Waals surface area (Å²) in [6, 6.07) is 20.7. The maximum absolute atomic E-state index is 12.8. The molecule has 1 N–H and O–H groups in total. The lowest BCUT2D eigenvalue weighted by molar-refractivity contribution is 0.102. The molecule has 3 rings (SSSR count). The number of methoxy groups -OCH3 is 1. The number of para-hydroxylation sites is 1. The number of hydrogen-bond acceptors (Lipinski definition) is 5. The van der Waals surface area contributed by atoms with E-state index in [1.165, 1.54) is 0 Å². The average molecular weight is 423 g/mol. The van der Waals surface area contributed by atoms with Gasteiger partial charge in [0.1, 0.15) is 18.1 Å². The molecule has 0 bridgehead atoms. The number of carbonyl (C=O) groups excluding carboxylic acids is 1. The highest BCUT2D eigenvalue weighted by atomic mass is 35.5. The molecule has 0 saturated carbocycles.